The Hall–Kier alpha value is -3.61. The summed E-state index contributed by atoms with van der Waals surface area (Å²) < 4.78 is 15.7. The fourth-order valence-electron chi connectivity index (χ4n) is 2.88. The molecule has 1 aromatic heterocycles. The molecule has 1 atom stereocenters. The number of fused-ring (bicyclic) bond motifs is 1. The van der Waals surface area contributed by atoms with Crippen LogP contribution in [0.4, 0.5) is 5.69 Å². The molecule has 0 saturated heterocycles. The second-order valence-electron chi connectivity index (χ2n) is 6.39. The number of nitrogens with zero attached hydrogens (tertiary/aromatic N) is 1. The van der Waals surface area contributed by atoms with Crippen molar-refractivity contribution in [3.05, 3.63) is 60.3 Å². The Morgan fingerprint density at radius 2 is 1.72 bits per heavy atom. The third-order valence-electron chi connectivity index (χ3n) is 4.35. The Morgan fingerprint density at radius 3 is 2.41 bits per heavy atom. The van der Waals surface area contributed by atoms with Crippen LogP contribution in [0.3, 0.4) is 0 Å². The third-order valence-corrected chi connectivity index (χ3v) is 4.35. The number of esters is 1. The van der Waals surface area contributed by atoms with Crippen LogP contribution in [-0.4, -0.2) is 37.2 Å². The summed E-state index contributed by atoms with van der Waals surface area (Å²) in [5, 5.41) is 3.64. The van der Waals surface area contributed by atoms with Gasteiger partial charge in [-0.1, -0.05) is 24.3 Å². The van der Waals surface area contributed by atoms with E-state index >= 15 is 0 Å². The first-order valence-electron chi connectivity index (χ1n) is 9.06. The van der Waals surface area contributed by atoms with Gasteiger partial charge in [0.1, 0.15) is 11.5 Å². The molecule has 2 aromatic carbocycles. The number of carbonyl (C=O) groups is 2. The maximum Gasteiger partial charge on any atom is 0.311 e. The van der Waals surface area contributed by atoms with E-state index in [1.807, 2.05) is 30.3 Å². The van der Waals surface area contributed by atoms with Gasteiger partial charge in [0.15, 0.2) is 6.10 Å². The zero-order chi connectivity index (χ0) is 20.8. The van der Waals surface area contributed by atoms with Crippen LogP contribution in [-0.2, 0) is 20.7 Å². The summed E-state index contributed by atoms with van der Waals surface area (Å²) in [6.45, 7) is 1.52. The van der Waals surface area contributed by atoms with Crippen molar-refractivity contribution in [3.63, 3.8) is 0 Å². The molecule has 7 heteroatoms. The molecule has 7 nitrogen and oxygen atoms in total. The van der Waals surface area contributed by atoms with Gasteiger partial charge in [0.05, 0.1) is 26.2 Å². The van der Waals surface area contributed by atoms with Crippen molar-refractivity contribution >= 4 is 28.5 Å². The molecule has 1 heterocycles. The van der Waals surface area contributed by atoms with Crippen LogP contribution in [0.2, 0.25) is 0 Å². The van der Waals surface area contributed by atoms with Crippen LogP contribution in [0.1, 0.15) is 12.5 Å². The molecule has 0 fully saturated rings. The lowest BCUT2D eigenvalue weighted by atomic mass is 10.1. The van der Waals surface area contributed by atoms with Gasteiger partial charge < -0.3 is 19.5 Å². The molecular formula is C22H22N2O5. The van der Waals surface area contributed by atoms with Crippen molar-refractivity contribution in [1.29, 1.82) is 0 Å². The number of para-hydroxylation sites is 1. The van der Waals surface area contributed by atoms with E-state index in [-0.39, 0.29) is 6.42 Å². The number of benzene rings is 2. The Balaban J connectivity index is 1.64. The molecule has 0 radical (unpaired) electrons. The van der Waals surface area contributed by atoms with Crippen molar-refractivity contribution in [3.8, 4) is 11.5 Å². The van der Waals surface area contributed by atoms with Crippen LogP contribution in [0.25, 0.3) is 10.9 Å². The molecule has 1 N–H and O–H groups in total. The van der Waals surface area contributed by atoms with Gasteiger partial charge in [0, 0.05) is 35.5 Å². The standard InChI is InChI=1S/C22H22N2O5/c1-14(22(26)24-17-11-18(27-2)13-19(12-17)28-3)29-20(25)10-16-7-4-6-15-8-5-9-23-21(15)16/h4-9,11-14H,10H2,1-3H3,(H,24,26)/t14-/m0/s1. The predicted octanol–water partition coefficient (Wildman–Crippen LogP) is 3.36. The molecule has 150 valence electrons. The number of pyridine rings is 1. The van der Waals surface area contributed by atoms with Gasteiger partial charge in [-0.25, -0.2) is 0 Å². The van der Waals surface area contributed by atoms with E-state index in [0.717, 1.165) is 16.5 Å². The molecular weight excluding hydrogens is 372 g/mol. The van der Waals surface area contributed by atoms with E-state index in [4.69, 9.17) is 14.2 Å². The first-order valence-corrected chi connectivity index (χ1v) is 9.06. The monoisotopic (exact) mass is 394 g/mol. The Kier molecular flexibility index (Phi) is 6.29. The number of rotatable bonds is 7. The number of ether oxygens (including phenoxy) is 3. The Labute approximate surface area is 168 Å². The van der Waals surface area contributed by atoms with E-state index < -0.39 is 18.0 Å². The second kappa shape index (κ2) is 9.05. The predicted molar refractivity (Wildman–Crippen MR) is 109 cm³/mol. The fourth-order valence-corrected chi connectivity index (χ4v) is 2.88. The van der Waals surface area contributed by atoms with Crippen LogP contribution < -0.4 is 14.8 Å². The minimum Gasteiger partial charge on any atom is -0.497 e. The highest BCUT2D eigenvalue weighted by Gasteiger charge is 2.19. The van der Waals surface area contributed by atoms with Crippen molar-refractivity contribution < 1.29 is 23.8 Å². The molecule has 0 aliphatic rings. The number of nitrogens with one attached hydrogen (secondary N) is 1. The molecule has 0 aliphatic carbocycles. The first-order chi connectivity index (χ1) is 14.0. The fraction of sp³-hybridized carbons (Fsp3) is 0.227. The van der Waals surface area contributed by atoms with Crippen LogP contribution >= 0.6 is 0 Å². The quantitative estimate of drug-likeness (QED) is 0.619. The summed E-state index contributed by atoms with van der Waals surface area (Å²) in [6.07, 6.45) is 0.733. The van der Waals surface area contributed by atoms with Crippen LogP contribution in [0.5, 0.6) is 11.5 Å². The first kappa shape index (κ1) is 20.1. The normalized spacial score (nSPS) is 11.6. The summed E-state index contributed by atoms with van der Waals surface area (Å²) in [7, 11) is 3.04. The topological polar surface area (TPSA) is 86.8 Å². The van der Waals surface area contributed by atoms with Gasteiger partial charge in [-0.2, -0.15) is 0 Å². The number of amides is 1. The van der Waals surface area contributed by atoms with E-state index in [9.17, 15) is 9.59 Å². The number of hydrogen-bond acceptors (Lipinski definition) is 6. The molecule has 3 rings (SSSR count). The zero-order valence-corrected chi connectivity index (χ0v) is 16.5. The molecule has 0 saturated carbocycles. The van der Waals surface area contributed by atoms with Crippen molar-refractivity contribution in [2.45, 2.75) is 19.4 Å². The number of aromatic nitrogens is 1. The minimum atomic E-state index is -0.970. The summed E-state index contributed by atoms with van der Waals surface area (Å²) in [4.78, 5) is 29.1. The number of carbonyl (C=O) groups excluding carboxylic acids is 2. The summed E-state index contributed by atoms with van der Waals surface area (Å²) in [6, 6.07) is 14.4. The number of hydrogen-bond donors (Lipinski definition) is 1. The van der Waals surface area contributed by atoms with Gasteiger partial charge in [0.2, 0.25) is 0 Å². The maximum absolute atomic E-state index is 12.4. The highest BCUT2D eigenvalue weighted by molar-refractivity contribution is 5.95. The summed E-state index contributed by atoms with van der Waals surface area (Å²) >= 11 is 0. The van der Waals surface area contributed by atoms with E-state index in [1.165, 1.54) is 21.1 Å². The molecule has 0 bridgehead atoms. The highest BCUT2D eigenvalue weighted by atomic mass is 16.5. The average molecular weight is 394 g/mol. The van der Waals surface area contributed by atoms with Gasteiger partial charge in [-0.3, -0.25) is 14.6 Å². The zero-order valence-electron chi connectivity index (χ0n) is 16.5. The van der Waals surface area contributed by atoms with Crippen LogP contribution in [0.15, 0.2) is 54.7 Å². The average Bonchev–Trinajstić information content (AvgIpc) is 2.73. The minimum absolute atomic E-state index is 0.0267. The molecule has 1 amide bonds. The lowest BCUT2D eigenvalue weighted by molar-refractivity contribution is -0.152. The van der Waals surface area contributed by atoms with Crippen molar-refractivity contribution in [2.75, 3.05) is 19.5 Å². The van der Waals surface area contributed by atoms with Crippen molar-refractivity contribution in [1.82, 2.24) is 4.98 Å². The second-order valence-corrected chi connectivity index (χ2v) is 6.39. The largest absolute Gasteiger partial charge is 0.497 e. The highest BCUT2D eigenvalue weighted by Crippen LogP contribution is 2.26. The smallest absolute Gasteiger partial charge is 0.311 e. The summed E-state index contributed by atoms with van der Waals surface area (Å²) in [5.41, 5.74) is 1.97. The van der Waals surface area contributed by atoms with Gasteiger partial charge in [-0.15, -0.1) is 0 Å². The third kappa shape index (κ3) is 5.01. The van der Waals surface area contributed by atoms with Crippen molar-refractivity contribution in [2.24, 2.45) is 0 Å². The number of anilines is 1. The Bertz CT molecular complexity index is 1010. The van der Waals surface area contributed by atoms with Gasteiger partial charge in [-0.05, 0) is 18.6 Å². The Morgan fingerprint density at radius 1 is 1.03 bits per heavy atom. The molecule has 0 spiro atoms. The lowest BCUT2D eigenvalue weighted by Gasteiger charge is -2.15. The summed E-state index contributed by atoms with van der Waals surface area (Å²) in [5.74, 6) is 0.110. The molecule has 3 aromatic rings. The number of methoxy groups -OCH3 is 2. The lowest BCUT2D eigenvalue weighted by Crippen LogP contribution is -2.30. The van der Waals surface area contributed by atoms with E-state index in [0.29, 0.717) is 17.2 Å². The van der Waals surface area contributed by atoms with Gasteiger partial charge >= 0.3 is 5.97 Å². The molecule has 29 heavy (non-hydrogen) atoms. The van der Waals surface area contributed by atoms with Gasteiger partial charge in [0.25, 0.3) is 5.91 Å². The maximum atomic E-state index is 12.4. The molecule has 0 unspecified atom stereocenters. The SMILES string of the molecule is COc1cc(NC(=O)[C@H](C)OC(=O)Cc2cccc3cccnc23)cc(OC)c1. The van der Waals surface area contributed by atoms with E-state index in [2.05, 4.69) is 10.3 Å². The van der Waals surface area contributed by atoms with E-state index in [1.54, 1.807) is 24.4 Å². The van der Waals surface area contributed by atoms with Crippen LogP contribution in [0, 0.1) is 0 Å². The molecule has 0 aliphatic heterocycles.